The van der Waals surface area contributed by atoms with Gasteiger partial charge in [-0.3, -0.25) is 9.52 Å². The molecule has 0 aliphatic carbocycles. The van der Waals surface area contributed by atoms with Gasteiger partial charge in [0.1, 0.15) is 11.5 Å². The van der Waals surface area contributed by atoms with Gasteiger partial charge in [-0.25, -0.2) is 8.42 Å². The fraction of sp³-hybridized carbons (Fsp3) is 0.350. The first-order valence-corrected chi connectivity index (χ1v) is 10.7. The monoisotopic (exact) mass is 402 g/mol. The van der Waals surface area contributed by atoms with Crippen LogP contribution in [0.1, 0.15) is 31.0 Å². The van der Waals surface area contributed by atoms with E-state index in [0.29, 0.717) is 29.3 Å². The molecule has 2 aromatic rings. The molecule has 148 valence electrons. The Balaban J connectivity index is 1.62. The highest BCUT2D eigenvalue weighted by atomic mass is 32.2. The van der Waals surface area contributed by atoms with Crippen molar-refractivity contribution in [3.05, 3.63) is 53.6 Å². The lowest BCUT2D eigenvalue weighted by molar-refractivity contribution is -0.136. The zero-order valence-electron chi connectivity index (χ0n) is 15.7. The van der Waals surface area contributed by atoms with E-state index in [1.807, 2.05) is 30.3 Å². The minimum atomic E-state index is -3.53. The number of anilines is 1. The first-order valence-electron chi connectivity index (χ1n) is 9.07. The Hall–Kier alpha value is -2.58. The normalized spacial score (nSPS) is 21.5. The zero-order chi connectivity index (χ0) is 19.9. The molecule has 2 heterocycles. The van der Waals surface area contributed by atoms with Gasteiger partial charge < -0.3 is 14.8 Å². The van der Waals surface area contributed by atoms with Gasteiger partial charge in [0.2, 0.25) is 5.94 Å². The van der Waals surface area contributed by atoms with Gasteiger partial charge in [-0.2, -0.15) is 0 Å². The molecule has 0 radical (unpaired) electrons. The number of ether oxygens (including phenoxy) is 2. The molecule has 28 heavy (non-hydrogen) atoms. The molecule has 7 nitrogen and oxygen atoms in total. The van der Waals surface area contributed by atoms with E-state index in [2.05, 4.69) is 10.0 Å². The molecule has 0 saturated heterocycles. The summed E-state index contributed by atoms with van der Waals surface area (Å²) in [4.78, 5) is 13.0. The highest BCUT2D eigenvalue weighted by Crippen LogP contribution is 2.44. The molecule has 0 fully saturated rings. The molecule has 2 aliphatic rings. The number of carbonyl (C=O) groups excluding carboxylic acids is 1. The molecule has 4 rings (SSSR count). The highest BCUT2D eigenvalue weighted by Gasteiger charge is 2.43. The van der Waals surface area contributed by atoms with Gasteiger partial charge in [-0.05, 0) is 31.9 Å². The fourth-order valence-electron chi connectivity index (χ4n) is 3.45. The van der Waals surface area contributed by atoms with Crippen molar-refractivity contribution in [1.29, 1.82) is 0 Å². The van der Waals surface area contributed by atoms with Gasteiger partial charge in [0.15, 0.2) is 11.4 Å². The van der Waals surface area contributed by atoms with Gasteiger partial charge in [0, 0.05) is 18.2 Å². The van der Waals surface area contributed by atoms with Crippen LogP contribution in [-0.4, -0.2) is 32.3 Å². The Morgan fingerprint density at radius 1 is 1.18 bits per heavy atom. The third kappa shape index (κ3) is 3.57. The lowest BCUT2D eigenvalue weighted by atomic mass is 9.87. The van der Waals surface area contributed by atoms with Crippen LogP contribution in [0.4, 0.5) is 5.69 Å². The van der Waals surface area contributed by atoms with Crippen LogP contribution in [0.3, 0.4) is 0 Å². The molecule has 1 atom stereocenters. The summed E-state index contributed by atoms with van der Waals surface area (Å²) in [5, 5.41) is 3.33. The van der Waals surface area contributed by atoms with Crippen LogP contribution in [0, 0.1) is 0 Å². The third-order valence-electron chi connectivity index (χ3n) is 4.88. The number of rotatable bonds is 4. The summed E-state index contributed by atoms with van der Waals surface area (Å²) in [6.45, 7) is 4.04. The molecular formula is C20H22N2O5S. The van der Waals surface area contributed by atoms with Crippen molar-refractivity contribution in [3.8, 4) is 11.5 Å². The number of sulfonamides is 1. The van der Waals surface area contributed by atoms with E-state index < -0.39 is 27.6 Å². The maximum atomic E-state index is 13.0. The summed E-state index contributed by atoms with van der Waals surface area (Å²) in [6, 6.07) is 12.7. The molecule has 2 aliphatic heterocycles. The average Bonchev–Trinajstić information content (AvgIpc) is 2.64. The van der Waals surface area contributed by atoms with E-state index in [-0.39, 0.29) is 5.78 Å². The van der Waals surface area contributed by atoms with Crippen LogP contribution >= 0.6 is 0 Å². The molecule has 2 N–H and O–H groups in total. The molecule has 2 aromatic carbocycles. The van der Waals surface area contributed by atoms with Gasteiger partial charge in [0.25, 0.3) is 10.0 Å². The number of hydrogen-bond acceptors (Lipinski definition) is 6. The van der Waals surface area contributed by atoms with Crippen LogP contribution in [-0.2, 0) is 21.2 Å². The van der Waals surface area contributed by atoms with Gasteiger partial charge in [-0.15, -0.1) is 0 Å². The largest absolute Gasteiger partial charge is 0.480 e. The second-order valence-corrected chi connectivity index (χ2v) is 9.13. The second kappa shape index (κ2) is 6.79. The number of carbonyl (C=O) groups is 1. The summed E-state index contributed by atoms with van der Waals surface area (Å²) in [5.74, 6) is 0.322. The summed E-state index contributed by atoms with van der Waals surface area (Å²) in [6.07, 6.45) is 0.780. The maximum absolute atomic E-state index is 13.0. The van der Waals surface area contributed by atoms with Crippen LogP contribution in [0.5, 0.6) is 11.5 Å². The number of Topliss-reactive ketones (excluding diaryl/α,β-unsaturated/α-hetero) is 1. The quantitative estimate of drug-likeness (QED) is 0.816. The van der Waals surface area contributed by atoms with E-state index >= 15 is 0 Å². The van der Waals surface area contributed by atoms with Crippen molar-refractivity contribution >= 4 is 21.5 Å². The molecule has 0 aromatic heterocycles. The van der Waals surface area contributed by atoms with Crippen molar-refractivity contribution in [1.82, 2.24) is 5.32 Å². The van der Waals surface area contributed by atoms with Crippen LogP contribution in [0.2, 0.25) is 0 Å². The number of hydrogen-bond donors (Lipinski definition) is 2. The summed E-state index contributed by atoms with van der Waals surface area (Å²) in [7, 11) is -3.53. The second-order valence-electron chi connectivity index (χ2n) is 7.46. The van der Waals surface area contributed by atoms with E-state index in [1.165, 1.54) is 5.56 Å². The fourth-order valence-corrected chi connectivity index (χ4v) is 4.28. The smallest absolute Gasteiger partial charge is 0.268 e. The van der Waals surface area contributed by atoms with Gasteiger partial charge in [-0.1, -0.05) is 30.3 Å². The Morgan fingerprint density at radius 3 is 2.68 bits per heavy atom. The lowest BCUT2D eigenvalue weighted by Crippen LogP contribution is -2.49. The Bertz CT molecular complexity index is 1020. The number of ketones is 1. The zero-order valence-corrected chi connectivity index (χ0v) is 16.5. The average molecular weight is 402 g/mol. The number of benzene rings is 2. The van der Waals surface area contributed by atoms with Crippen molar-refractivity contribution in [2.75, 3.05) is 17.2 Å². The predicted molar refractivity (Wildman–Crippen MR) is 105 cm³/mol. The molecule has 8 heteroatoms. The number of nitrogens with one attached hydrogen (secondary N) is 2. The first-order chi connectivity index (χ1) is 13.3. The van der Waals surface area contributed by atoms with Crippen LogP contribution in [0.15, 0.2) is 42.5 Å². The van der Waals surface area contributed by atoms with Crippen molar-refractivity contribution < 1.29 is 22.7 Å². The van der Waals surface area contributed by atoms with Crippen LogP contribution in [0.25, 0.3) is 0 Å². The molecule has 0 unspecified atom stereocenters. The first kappa shape index (κ1) is 18.8. The Kier molecular flexibility index (Phi) is 4.55. The summed E-state index contributed by atoms with van der Waals surface area (Å²) in [5.41, 5.74) is 1.12. The minimum Gasteiger partial charge on any atom is -0.480 e. The maximum Gasteiger partial charge on any atom is 0.268 e. The topological polar surface area (TPSA) is 93.7 Å². The van der Waals surface area contributed by atoms with Crippen LogP contribution < -0.4 is 19.5 Å². The summed E-state index contributed by atoms with van der Waals surface area (Å²) >= 11 is 0. The predicted octanol–water partition coefficient (Wildman–Crippen LogP) is 2.39. The summed E-state index contributed by atoms with van der Waals surface area (Å²) < 4.78 is 37.2. The van der Waals surface area contributed by atoms with E-state index in [0.717, 1.165) is 6.42 Å². The SMILES string of the molecule is CC1(C)Oc2cc3c(cc2[C@H](NCCc2ccccc2)C1=O)OCS(=O)(=O)N3. The van der Waals surface area contributed by atoms with Crippen molar-refractivity contribution in [2.45, 2.75) is 31.9 Å². The van der Waals surface area contributed by atoms with Crippen molar-refractivity contribution in [3.63, 3.8) is 0 Å². The molecule has 0 saturated carbocycles. The highest BCUT2D eigenvalue weighted by molar-refractivity contribution is 7.92. The van der Waals surface area contributed by atoms with Gasteiger partial charge >= 0.3 is 0 Å². The van der Waals surface area contributed by atoms with Gasteiger partial charge in [0.05, 0.1) is 11.7 Å². The molecule has 0 amide bonds. The molecule has 0 spiro atoms. The standard InChI is InChI=1S/C20H22N2O5S/c1-20(2)19(23)18(21-9-8-13-6-4-3-5-7-13)14-10-17-15(11-16(14)27-20)22-28(24,25)12-26-17/h3-7,10-11,18,21-22H,8-9,12H2,1-2H3/t18-/m0/s1. The Labute approximate surface area is 164 Å². The molecular weight excluding hydrogens is 380 g/mol. The molecule has 0 bridgehead atoms. The number of fused-ring (bicyclic) bond motifs is 2. The lowest BCUT2D eigenvalue weighted by Gasteiger charge is -2.37. The van der Waals surface area contributed by atoms with E-state index in [9.17, 15) is 13.2 Å². The van der Waals surface area contributed by atoms with E-state index in [1.54, 1.807) is 26.0 Å². The van der Waals surface area contributed by atoms with Crippen molar-refractivity contribution in [2.24, 2.45) is 0 Å². The third-order valence-corrected chi connectivity index (χ3v) is 5.84. The van der Waals surface area contributed by atoms with E-state index in [4.69, 9.17) is 9.47 Å². The minimum absolute atomic E-state index is 0.0793. The Morgan fingerprint density at radius 2 is 1.93 bits per heavy atom.